The molecule has 0 saturated heterocycles. The van der Waals surface area contributed by atoms with Crippen LogP contribution in [0.4, 0.5) is 0 Å². The highest BCUT2D eigenvalue weighted by Crippen LogP contribution is 2.16. The van der Waals surface area contributed by atoms with Crippen LogP contribution in [-0.2, 0) is 43.7 Å². The van der Waals surface area contributed by atoms with Gasteiger partial charge in [-0.15, -0.1) is 0 Å². The number of quaternary nitrogens is 3. The van der Waals surface area contributed by atoms with Crippen molar-refractivity contribution in [1.82, 2.24) is 0 Å². The van der Waals surface area contributed by atoms with E-state index >= 15 is 0 Å². The first-order valence-corrected chi connectivity index (χ1v) is 25.1. The number of aliphatic hydroxyl groups is 1. The maximum Gasteiger partial charge on any atom is 0.217 e. The van der Waals surface area contributed by atoms with Gasteiger partial charge < -0.3 is 32.2 Å². The predicted molar refractivity (Wildman–Crippen MR) is 225 cm³/mol. The third-order valence-corrected chi connectivity index (χ3v) is 11.3. The number of hydrogen-bond donors (Lipinski definition) is 1. The summed E-state index contributed by atoms with van der Waals surface area (Å²) in [5.41, 5.74) is 0. The summed E-state index contributed by atoms with van der Waals surface area (Å²) in [4.78, 5) is 0. The number of likely N-dealkylation sites (N-methyl/N-ethyl adjacent to an activating group) is 1. The Hall–Kier alpha value is -0.550. The Balaban J connectivity index is -0.000000537. The van der Waals surface area contributed by atoms with Crippen LogP contribution in [0.25, 0.3) is 0 Å². The SMILES string of the molecule is CCCCCCCCCCCCCCC(O)C[N+](C)(CCCC[N+](C)(C)CC)CCC[N+](C)(C)CC.CCOS(=O)(=O)[O-].CCOS(=O)(=O)[O-].CCOS(=O)(=O)[O-]. The molecule has 19 heteroatoms. The summed E-state index contributed by atoms with van der Waals surface area (Å²) in [6.45, 7) is 19.1. The summed E-state index contributed by atoms with van der Waals surface area (Å²) in [5, 5.41) is 11.0. The van der Waals surface area contributed by atoms with Gasteiger partial charge in [0, 0.05) is 19.3 Å². The Bertz CT molecular complexity index is 1160. The number of unbranched alkanes of at least 4 members (excludes halogenated alkanes) is 12. The molecule has 0 radical (unpaired) electrons. The number of nitrogens with zero attached hydrogens (tertiary/aromatic N) is 3. The van der Waals surface area contributed by atoms with Gasteiger partial charge in [0.2, 0.25) is 31.2 Å². The van der Waals surface area contributed by atoms with Gasteiger partial charge in [-0.2, -0.15) is 0 Å². The molecule has 0 aliphatic heterocycles. The van der Waals surface area contributed by atoms with Gasteiger partial charge in [-0.1, -0.05) is 84.0 Å². The summed E-state index contributed by atoms with van der Waals surface area (Å²) < 4.78 is 99.3. The average Bonchev–Trinajstić information content (AvgIpc) is 3.06. The Morgan fingerprint density at radius 3 is 1.05 bits per heavy atom. The molecule has 350 valence electrons. The minimum Gasteiger partial charge on any atom is -0.726 e. The van der Waals surface area contributed by atoms with Gasteiger partial charge in [-0.25, -0.2) is 25.3 Å². The molecule has 0 aromatic heterocycles. The van der Waals surface area contributed by atoms with Crippen molar-refractivity contribution in [3.05, 3.63) is 0 Å². The summed E-state index contributed by atoms with van der Waals surface area (Å²) in [6, 6.07) is 0. The predicted octanol–water partition coefficient (Wildman–Crippen LogP) is 5.70. The summed E-state index contributed by atoms with van der Waals surface area (Å²) in [7, 11) is -1.48. The van der Waals surface area contributed by atoms with E-state index in [-0.39, 0.29) is 25.9 Å². The molecule has 0 heterocycles. The van der Waals surface area contributed by atoms with Gasteiger partial charge in [0.1, 0.15) is 12.6 Å². The minimum absolute atomic E-state index is 0.0914. The molecular formula is C38H87N3O13S3. The van der Waals surface area contributed by atoms with Gasteiger partial charge in [-0.3, -0.25) is 12.5 Å². The van der Waals surface area contributed by atoms with Crippen molar-refractivity contribution in [2.45, 2.75) is 150 Å². The Morgan fingerprint density at radius 2 is 0.754 bits per heavy atom. The van der Waals surface area contributed by atoms with E-state index in [2.05, 4.69) is 68.6 Å². The van der Waals surface area contributed by atoms with Crippen molar-refractivity contribution in [2.75, 3.05) is 101 Å². The molecule has 0 rings (SSSR count). The van der Waals surface area contributed by atoms with Crippen LogP contribution >= 0.6 is 0 Å². The molecule has 57 heavy (non-hydrogen) atoms. The molecule has 16 nitrogen and oxygen atoms in total. The van der Waals surface area contributed by atoms with E-state index in [9.17, 15) is 44.0 Å². The fourth-order valence-electron chi connectivity index (χ4n) is 5.78. The molecule has 0 aliphatic rings. The van der Waals surface area contributed by atoms with Crippen LogP contribution in [0.5, 0.6) is 0 Å². The summed E-state index contributed by atoms with van der Waals surface area (Å²) >= 11 is 0. The van der Waals surface area contributed by atoms with Gasteiger partial charge >= 0.3 is 0 Å². The molecule has 2 unspecified atom stereocenters. The smallest absolute Gasteiger partial charge is 0.217 e. The van der Waals surface area contributed by atoms with E-state index in [4.69, 9.17) is 0 Å². The lowest BCUT2D eigenvalue weighted by molar-refractivity contribution is -0.923. The van der Waals surface area contributed by atoms with E-state index in [1.165, 1.54) is 156 Å². The lowest BCUT2D eigenvalue weighted by Crippen LogP contribution is -2.52. The van der Waals surface area contributed by atoms with Crippen molar-refractivity contribution in [2.24, 2.45) is 0 Å². The number of aliphatic hydroxyl groups excluding tert-OH is 1. The third-order valence-electron chi connectivity index (χ3n) is 9.71. The molecule has 0 aliphatic carbocycles. The second kappa shape index (κ2) is 36.1. The molecule has 0 fully saturated rings. The summed E-state index contributed by atoms with van der Waals surface area (Å²) in [5.74, 6) is 0. The van der Waals surface area contributed by atoms with Crippen molar-refractivity contribution in [1.29, 1.82) is 0 Å². The van der Waals surface area contributed by atoms with Crippen LogP contribution in [0.2, 0.25) is 0 Å². The molecule has 2 atom stereocenters. The zero-order valence-corrected chi connectivity index (χ0v) is 40.3. The van der Waals surface area contributed by atoms with Crippen molar-refractivity contribution < 1.29 is 70.0 Å². The largest absolute Gasteiger partial charge is 0.726 e. The van der Waals surface area contributed by atoms with E-state index in [1.54, 1.807) is 0 Å². The normalized spacial score (nSPS) is 13.9. The van der Waals surface area contributed by atoms with Crippen LogP contribution in [-0.4, -0.2) is 164 Å². The average molecular weight is 890 g/mol. The van der Waals surface area contributed by atoms with Crippen LogP contribution < -0.4 is 0 Å². The molecule has 1 N–H and O–H groups in total. The van der Waals surface area contributed by atoms with Gasteiger partial charge in [0.05, 0.1) is 94.3 Å². The fraction of sp³-hybridized carbons (Fsp3) is 1.00. The lowest BCUT2D eigenvalue weighted by atomic mass is 10.0. The zero-order chi connectivity index (χ0) is 45.1. The fourth-order valence-corrected chi connectivity index (χ4v) is 6.64. The number of hydrogen-bond acceptors (Lipinski definition) is 13. The van der Waals surface area contributed by atoms with Crippen LogP contribution in [0.1, 0.15) is 144 Å². The monoisotopic (exact) mass is 890 g/mol. The Kier molecular flexibility index (Phi) is 40.0. The number of rotatable bonds is 32. The van der Waals surface area contributed by atoms with Crippen molar-refractivity contribution in [3.63, 3.8) is 0 Å². The third kappa shape index (κ3) is 55.5. The van der Waals surface area contributed by atoms with Crippen LogP contribution in [0, 0.1) is 0 Å². The van der Waals surface area contributed by atoms with E-state index in [0.29, 0.717) is 0 Å². The van der Waals surface area contributed by atoms with Crippen molar-refractivity contribution in [3.8, 4) is 0 Å². The molecule has 0 spiro atoms. The molecule has 0 bridgehead atoms. The van der Waals surface area contributed by atoms with E-state index in [1.807, 2.05) is 0 Å². The topological polar surface area (TPSA) is 220 Å². The summed E-state index contributed by atoms with van der Waals surface area (Å²) in [6.07, 6.45) is 21.2. The Morgan fingerprint density at radius 1 is 0.456 bits per heavy atom. The highest BCUT2D eigenvalue weighted by atomic mass is 32.3. The highest BCUT2D eigenvalue weighted by molar-refractivity contribution is 7.81. The molecule has 0 aromatic rings. The second-order valence-corrected chi connectivity index (χ2v) is 19.2. The lowest BCUT2D eigenvalue weighted by Gasteiger charge is -2.38. The van der Waals surface area contributed by atoms with Crippen LogP contribution in [0.15, 0.2) is 0 Å². The van der Waals surface area contributed by atoms with Gasteiger partial charge in [0.25, 0.3) is 0 Å². The van der Waals surface area contributed by atoms with E-state index in [0.717, 1.165) is 26.4 Å². The first kappa shape index (κ1) is 63.1. The quantitative estimate of drug-likeness (QED) is 0.0372. The molecular weight excluding hydrogens is 803 g/mol. The first-order chi connectivity index (χ1) is 26.2. The molecule has 0 aromatic carbocycles. The van der Waals surface area contributed by atoms with Crippen molar-refractivity contribution >= 4 is 31.2 Å². The Labute approximate surface area is 351 Å². The van der Waals surface area contributed by atoms with Crippen LogP contribution in [0.3, 0.4) is 0 Å². The van der Waals surface area contributed by atoms with E-state index < -0.39 is 31.2 Å². The standard InChI is InChI=1S/C32H72N3O.3C2H6O4S/c1-9-12-13-14-15-16-17-18-19-20-21-22-26-32(36)31-35(8,30-25-28-34(6,7)11-3)29-24-23-27-33(4,5)10-2;3*1-2-6-7(3,4)5/h32,36H,9-31H2,1-8H3;3*2H2,1H3,(H,3,4,5)/q+3;;;/p-3. The molecule has 0 saturated carbocycles. The maximum absolute atomic E-state index is 11.0. The minimum atomic E-state index is -4.42. The van der Waals surface area contributed by atoms with Gasteiger partial charge in [0.15, 0.2) is 0 Å². The molecule has 0 amide bonds. The zero-order valence-electron chi connectivity index (χ0n) is 37.9. The first-order valence-electron chi connectivity index (χ1n) is 21.1. The second-order valence-electron chi connectivity index (χ2n) is 16.0. The van der Waals surface area contributed by atoms with Gasteiger partial charge in [-0.05, 0) is 41.0 Å². The maximum atomic E-state index is 11.0. The highest BCUT2D eigenvalue weighted by Gasteiger charge is 2.27.